The zero-order valence-electron chi connectivity index (χ0n) is 28.3. The maximum absolute atomic E-state index is 13.6. The Balaban J connectivity index is 0.000000328. The zero-order valence-corrected chi connectivity index (χ0v) is 28.3. The van der Waals surface area contributed by atoms with Crippen LogP contribution in [0.15, 0.2) is 90.2 Å². The van der Waals surface area contributed by atoms with Crippen molar-refractivity contribution in [1.82, 2.24) is 5.32 Å². The average molecular weight is 668 g/mol. The highest BCUT2D eigenvalue weighted by atomic mass is 19.4. The zero-order chi connectivity index (χ0) is 34.6. The van der Waals surface area contributed by atoms with Crippen molar-refractivity contribution < 1.29 is 22.4 Å². The number of likely N-dealkylation sites (N-methyl/N-ethyl adjacent to an activating group) is 1. The number of anilines is 1. The first-order valence-corrected chi connectivity index (χ1v) is 16.5. The Labute approximate surface area is 285 Å². The number of carbonyl (C=O) groups is 1. The topological polar surface area (TPSA) is 58.4 Å². The number of nitrogens with zero attached hydrogens (tertiary/aromatic N) is 1. The van der Waals surface area contributed by atoms with Crippen LogP contribution in [-0.4, -0.2) is 25.6 Å². The summed E-state index contributed by atoms with van der Waals surface area (Å²) in [5, 5.41) is 3.68. The molecular formula is C40H53F4N3O. The second-order valence-corrected chi connectivity index (χ2v) is 12.1. The van der Waals surface area contributed by atoms with Crippen LogP contribution in [0, 0.1) is 18.7 Å². The number of Topliss-reactive ketones (excluding diaryl/α,β-unsaturated/α-hetero) is 1. The molecule has 0 spiro atoms. The number of allylic oxidation sites excluding steroid dienone is 4. The van der Waals surface area contributed by atoms with Gasteiger partial charge in [0.05, 0.1) is 17.3 Å². The molecule has 0 heterocycles. The fourth-order valence-corrected chi connectivity index (χ4v) is 5.20. The number of nitrogens with one attached hydrogen (secondary N) is 1. The molecular weight excluding hydrogens is 614 g/mol. The van der Waals surface area contributed by atoms with Crippen LogP contribution in [0.25, 0.3) is 0 Å². The number of ketones is 1. The van der Waals surface area contributed by atoms with E-state index in [0.717, 1.165) is 42.2 Å². The van der Waals surface area contributed by atoms with Gasteiger partial charge in [-0.25, -0.2) is 4.39 Å². The third-order valence-electron chi connectivity index (χ3n) is 8.25. The first kappa shape index (κ1) is 40.4. The molecule has 3 N–H and O–H groups in total. The Morgan fingerprint density at radius 2 is 1.67 bits per heavy atom. The summed E-state index contributed by atoms with van der Waals surface area (Å²) < 4.78 is 53.3. The summed E-state index contributed by atoms with van der Waals surface area (Å²) in [6.45, 7) is 8.79. The Bertz CT molecular complexity index is 1510. The number of nitrogens with two attached hydrogens (primary N) is 1. The van der Waals surface area contributed by atoms with E-state index in [4.69, 9.17) is 5.73 Å². The molecule has 3 aromatic carbocycles. The number of alkyl halides is 3. The minimum Gasteiger partial charge on any atom is -0.342 e. The molecule has 3 aromatic rings. The van der Waals surface area contributed by atoms with E-state index in [1.54, 1.807) is 38.2 Å². The number of hydrogen-bond acceptors (Lipinski definition) is 4. The molecule has 1 aliphatic rings. The van der Waals surface area contributed by atoms with Crippen molar-refractivity contribution in [3.8, 4) is 0 Å². The van der Waals surface area contributed by atoms with Gasteiger partial charge in [-0.05, 0) is 104 Å². The largest absolute Gasteiger partial charge is 0.416 e. The number of benzene rings is 3. The highest BCUT2D eigenvalue weighted by Gasteiger charge is 2.33. The van der Waals surface area contributed by atoms with Crippen molar-refractivity contribution in [1.29, 1.82) is 0 Å². The van der Waals surface area contributed by atoms with E-state index in [-0.39, 0.29) is 43.6 Å². The monoisotopic (exact) mass is 667 g/mol. The van der Waals surface area contributed by atoms with Crippen molar-refractivity contribution in [2.24, 2.45) is 11.7 Å². The molecule has 0 amide bonds. The summed E-state index contributed by atoms with van der Waals surface area (Å²) in [6, 6.07) is 21.5. The Morgan fingerprint density at radius 3 is 2.21 bits per heavy atom. The van der Waals surface area contributed by atoms with E-state index in [1.165, 1.54) is 28.9 Å². The van der Waals surface area contributed by atoms with E-state index in [9.17, 15) is 22.4 Å². The van der Waals surface area contributed by atoms with Crippen LogP contribution in [-0.2, 0) is 17.8 Å². The maximum Gasteiger partial charge on any atom is 0.416 e. The molecule has 4 rings (SSSR count). The maximum atomic E-state index is 13.6. The van der Waals surface area contributed by atoms with Gasteiger partial charge < -0.3 is 16.0 Å². The van der Waals surface area contributed by atoms with Crippen LogP contribution in [0.5, 0.6) is 0 Å². The van der Waals surface area contributed by atoms with Gasteiger partial charge in [0.25, 0.3) is 0 Å². The minimum atomic E-state index is -4.51. The lowest BCUT2D eigenvalue weighted by Gasteiger charge is -2.23. The molecule has 1 unspecified atom stereocenters. The standard InChI is InChI=1S/C20H24FN.C19H25F3N2O.CH4/c1-3-15-6-8-17(9-7-15)20(22-13-16-4-5-16)18-10-11-19(21)14(2)12-18;1-4-7-15(19(20,21)22)12-17(18(25)8-5-2)24(3)16-10-6-9-14(11-16)13-23;/h6-12,16,20,22H,3-5,13H2,1-2H3;6-7,9-12H,4-5,8,13,23H2,1-3H3;1H4/b;15-7-,17-12-;. The molecule has 1 saturated carbocycles. The molecule has 0 aromatic heterocycles. The predicted molar refractivity (Wildman–Crippen MR) is 191 cm³/mol. The van der Waals surface area contributed by atoms with Crippen molar-refractivity contribution in [2.75, 3.05) is 18.5 Å². The molecule has 0 aliphatic heterocycles. The van der Waals surface area contributed by atoms with Crippen LogP contribution in [0.4, 0.5) is 23.2 Å². The van der Waals surface area contributed by atoms with E-state index in [2.05, 4.69) is 36.5 Å². The van der Waals surface area contributed by atoms with Gasteiger partial charge in [-0.3, -0.25) is 4.79 Å². The van der Waals surface area contributed by atoms with Crippen LogP contribution in [0.1, 0.15) is 94.2 Å². The third kappa shape index (κ3) is 12.0. The summed E-state index contributed by atoms with van der Waals surface area (Å²) in [5.41, 5.74) is 10.7. The Morgan fingerprint density at radius 1 is 1.00 bits per heavy atom. The van der Waals surface area contributed by atoms with Crippen molar-refractivity contribution in [3.05, 3.63) is 124 Å². The van der Waals surface area contributed by atoms with Crippen LogP contribution >= 0.6 is 0 Å². The summed E-state index contributed by atoms with van der Waals surface area (Å²) in [6.07, 6.45) is 2.21. The predicted octanol–water partition coefficient (Wildman–Crippen LogP) is 10.2. The minimum absolute atomic E-state index is 0. The average Bonchev–Trinajstić information content (AvgIpc) is 3.89. The van der Waals surface area contributed by atoms with Crippen molar-refractivity contribution in [2.45, 2.75) is 92.4 Å². The number of halogens is 4. The second kappa shape index (κ2) is 19.3. The molecule has 0 bridgehead atoms. The summed E-state index contributed by atoms with van der Waals surface area (Å²) >= 11 is 0. The molecule has 0 saturated heterocycles. The second-order valence-electron chi connectivity index (χ2n) is 12.1. The molecule has 1 atom stereocenters. The van der Waals surface area contributed by atoms with E-state index in [1.807, 2.05) is 32.0 Å². The van der Waals surface area contributed by atoms with Gasteiger partial charge in [-0.1, -0.05) is 82.8 Å². The molecule has 262 valence electrons. The number of carbonyl (C=O) groups excluding carboxylic acids is 1. The van der Waals surface area contributed by atoms with Gasteiger partial charge in [0.15, 0.2) is 5.78 Å². The van der Waals surface area contributed by atoms with E-state index >= 15 is 0 Å². The van der Waals surface area contributed by atoms with Crippen LogP contribution in [0.2, 0.25) is 0 Å². The van der Waals surface area contributed by atoms with Crippen molar-refractivity contribution >= 4 is 11.5 Å². The number of aryl methyl sites for hydroxylation is 2. The third-order valence-corrected chi connectivity index (χ3v) is 8.25. The van der Waals surface area contributed by atoms with Gasteiger partial charge >= 0.3 is 6.18 Å². The first-order chi connectivity index (χ1) is 22.4. The molecule has 1 aliphatic carbocycles. The molecule has 1 fully saturated rings. The van der Waals surface area contributed by atoms with E-state index < -0.39 is 11.7 Å². The quantitative estimate of drug-likeness (QED) is 0.102. The lowest BCUT2D eigenvalue weighted by molar-refractivity contribution is -0.115. The highest BCUT2D eigenvalue weighted by molar-refractivity contribution is 5.99. The molecule has 48 heavy (non-hydrogen) atoms. The fourth-order valence-electron chi connectivity index (χ4n) is 5.20. The summed E-state index contributed by atoms with van der Waals surface area (Å²) in [4.78, 5) is 13.9. The fraction of sp³-hybridized carbons (Fsp3) is 0.425. The SMILES string of the molecule is C.CC/C=C(/C=C(/C(=O)CCC)N(C)c1cccc(CN)c1)C(F)(F)F.CCc1ccc(C(NCC2CC2)c2ccc(F)c(C)c2)cc1. The number of hydrogen-bond donors (Lipinski definition) is 2. The lowest BCUT2D eigenvalue weighted by Crippen LogP contribution is -2.25. The van der Waals surface area contributed by atoms with Gasteiger partial charge in [-0.2, -0.15) is 13.2 Å². The van der Waals surface area contributed by atoms with Gasteiger partial charge in [-0.15, -0.1) is 0 Å². The molecule has 4 nitrogen and oxygen atoms in total. The van der Waals surface area contributed by atoms with Crippen molar-refractivity contribution in [3.63, 3.8) is 0 Å². The van der Waals surface area contributed by atoms with Crippen LogP contribution in [0.3, 0.4) is 0 Å². The van der Waals surface area contributed by atoms with Crippen LogP contribution < -0.4 is 16.0 Å². The summed E-state index contributed by atoms with van der Waals surface area (Å²) in [5.74, 6) is 0.361. The van der Waals surface area contributed by atoms with E-state index in [0.29, 0.717) is 24.2 Å². The Kier molecular flexibility index (Phi) is 16.3. The molecule has 8 heteroatoms. The van der Waals surface area contributed by atoms with Gasteiger partial charge in [0.1, 0.15) is 5.82 Å². The first-order valence-electron chi connectivity index (χ1n) is 16.5. The summed E-state index contributed by atoms with van der Waals surface area (Å²) in [7, 11) is 1.59. The Hall–Kier alpha value is -3.75. The number of rotatable bonds is 14. The van der Waals surface area contributed by atoms with Gasteiger partial charge in [0, 0.05) is 25.7 Å². The smallest absolute Gasteiger partial charge is 0.342 e. The van der Waals surface area contributed by atoms with Gasteiger partial charge in [0.2, 0.25) is 0 Å². The lowest BCUT2D eigenvalue weighted by atomic mass is 9.96. The molecule has 0 radical (unpaired) electrons. The highest BCUT2D eigenvalue weighted by Crippen LogP contribution is 2.32. The normalized spacial score (nSPS) is 14.0.